The molecule has 2 aromatic carbocycles. The van der Waals surface area contributed by atoms with Crippen molar-refractivity contribution in [3.8, 4) is 0 Å². The fourth-order valence-corrected chi connectivity index (χ4v) is 1.94. The van der Waals surface area contributed by atoms with Crippen molar-refractivity contribution in [2.45, 2.75) is 32.2 Å². The van der Waals surface area contributed by atoms with Crippen molar-refractivity contribution in [2.24, 2.45) is 0 Å². The van der Waals surface area contributed by atoms with Gasteiger partial charge >= 0.3 is 11.9 Å². The molecule has 0 spiro atoms. The smallest absolute Gasteiger partial charge is 0.370 e. The number of benzene rings is 2. The van der Waals surface area contributed by atoms with Gasteiger partial charge in [0.15, 0.2) is 6.10 Å². The quantitative estimate of drug-likeness (QED) is 0.514. The maximum Gasteiger partial charge on any atom is 0.370 e. The Morgan fingerprint density at radius 1 is 0.808 bits per heavy atom. The number of carbonyl (C=O) groups is 2. The van der Waals surface area contributed by atoms with Gasteiger partial charge in [0.2, 0.25) is 0 Å². The van der Waals surface area contributed by atoms with Crippen molar-refractivity contribution < 1.29 is 34.2 Å². The van der Waals surface area contributed by atoms with Crippen molar-refractivity contribution >= 4 is 11.9 Å². The van der Waals surface area contributed by atoms with Crippen LogP contribution in [-0.2, 0) is 42.4 Å². The van der Waals surface area contributed by atoms with Crippen LogP contribution in [0.1, 0.15) is 24.0 Å². The molecule has 0 saturated heterocycles. The number of hydrogen-bond acceptors (Lipinski definition) is 7. The Hall–Kier alpha value is -2.74. The summed E-state index contributed by atoms with van der Waals surface area (Å²) in [6, 6.07) is 18.3. The average molecular weight is 360 g/mol. The van der Waals surface area contributed by atoms with Crippen molar-refractivity contribution in [1.29, 1.82) is 0 Å². The first kappa shape index (κ1) is 19.6. The van der Waals surface area contributed by atoms with Gasteiger partial charge in [-0.05, 0) is 17.5 Å². The molecule has 7 heteroatoms. The SMILES string of the molecule is O=C(CCC(O)C(=O)OOCc1ccccc1)OOCc1ccccc1. The second-order valence-electron chi connectivity index (χ2n) is 5.41. The predicted octanol–water partition coefficient (Wildman–Crippen LogP) is 2.48. The van der Waals surface area contributed by atoms with Crippen LogP contribution in [0.5, 0.6) is 0 Å². The van der Waals surface area contributed by atoms with E-state index in [-0.39, 0.29) is 26.1 Å². The van der Waals surface area contributed by atoms with Gasteiger partial charge in [-0.2, -0.15) is 9.78 Å². The van der Waals surface area contributed by atoms with Gasteiger partial charge in [-0.25, -0.2) is 9.59 Å². The summed E-state index contributed by atoms with van der Waals surface area (Å²) < 4.78 is 0. The lowest BCUT2D eigenvalue weighted by Gasteiger charge is -2.09. The van der Waals surface area contributed by atoms with Gasteiger partial charge in [0.05, 0.1) is 6.42 Å². The van der Waals surface area contributed by atoms with Gasteiger partial charge in [0, 0.05) is 0 Å². The molecule has 0 aliphatic rings. The second kappa shape index (κ2) is 11.0. The Morgan fingerprint density at radius 2 is 1.31 bits per heavy atom. The third-order valence-electron chi connectivity index (χ3n) is 3.32. The van der Waals surface area contributed by atoms with Crippen LogP contribution in [0.3, 0.4) is 0 Å². The molecule has 2 aromatic rings. The second-order valence-corrected chi connectivity index (χ2v) is 5.41. The maximum absolute atomic E-state index is 11.6. The summed E-state index contributed by atoms with van der Waals surface area (Å²) in [5, 5.41) is 9.66. The lowest BCUT2D eigenvalue weighted by atomic mass is 10.2. The van der Waals surface area contributed by atoms with Crippen LogP contribution in [-0.4, -0.2) is 23.1 Å². The van der Waals surface area contributed by atoms with Crippen LogP contribution in [0.15, 0.2) is 60.7 Å². The summed E-state index contributed by atoms with van der Waals surface area (Å²) in [5.41, 5.74) is 1.66. The molecule has 0 aliphatic heterocycles. The first-order valence-corrected chi connectivity index (χ1v) is 8.06. The Morgan fingerprint density at radius 3 is 1.85 bits per heavy atom. The van der Waals surface area contributed by atoms with E-state index >= 15 is 0 Å². The van der Waals surface area contributed by atoms with E-state index in [1.54, 1.807) is 12.1 Å². The Balaban J connectivity index is 1.57. The van der Waals surface area contributed by atoms with Crippen molar-refractivity contribution in [3.05, 3.63) is 71.8 Å². The maximum atomic E-state index is 11.6. The molecule has 26 heavy (non-hydrogen) atoms. The molecule has 1 unspecified atom stereocenters. The molecule has 0 fully saturated rings. The van der Waals surface area contributed by atoms with Crippen molar-refractivity contribution in [3.63, 3.8) is 0 Å². The molecule has 1 atom stereocenters. The lowest BCUT2D eigenvalue weighted by molar-refractivity contribution is -0.287. The molecule has 0 amide bonds. The molecular weight excluding hydrogens is 340 g/mol. The van der Waals surface area contributed by atoms with E-state index in [9.17, 15) is 14.7 Å². The molecule has 0 aromatic heterocycles. The normalized spacial score (nSPS) is 11.6. The van der Waals surface area contributed by atoms with E-state index in [1.165, 1.54) is 0 Å². The minimum absolute atomic E-state index is 0.0642. The fourth-order valence-electron chi connectivity index (χ4n) is 1.94. The molecule has 138 valence electrons. The van der Waals surface area contributed by atoms with Gasteiger partial charge in [0.25, 0.3) is 0 Å². The zero-order valence-corrected chi connectivity index (χ0v) is 14.1. The van der Waals surface area contributed by atoms with E-state index in [0.717, 1.165) is 11.1 Å². The highest BCUT2D eigenvalue weighted by molar-refractivity contribution is 5.75. The van der Waals surface area contributed by atoms with Crippen LogP contribution in [0.2, 0.25) is 0 Å². The average Bonchev–Trinajstić information content (AvgIpc) is 2.67. The molecule has 0 aliphatic carbocycles. The van der Waals surface area contributed by atoms with Gasteiger partial charge in [-0.15, -0.1) is 0 Å². The third-order valence-corrected chi connectivity index (χ3v) is 3.32. The summed E-state index contributed by atoms with van der Waals surface area (Å²) >= 11 is 0. The topological polar surface area (TPSA) is 91.3 Å². The van der Waals surface area contributed by atoms with Crippen LogP contribution in [0.4, 0.5) is 0 Å². The summed E-state index contributed by atoms with van der Waals surface area (Å²) in [6.45, 7) is 0.180. The van der Waals surface area contributed by atoms with Gasteiger partial charge in [-0.1, -0.05) is 60.7 Å². The van der Waals surface area contributed by atoms with Crippen molar-refractivity contribution in [1.82, 2.24) is 0 Å². The highest BCUT2D eigenvalue weighted by Gasteiger charge is 2.20. The highest BCUT2D eigenvalue weighted by atomic mass is 17.2. The monoisotopic (exact) mass is 360 g/mol. The van der Waals surface area contributed by atoms with Gasteiger partial charge in [0.1, 0.15) is 13.2 Å². The first-order valence-electron chi connectivity index (χ1n) is 8.06. The molecule has 0 radical (unpaired) electrons. The number of rotatable bonds is 10. The van der Waals surface area contributed by atoms with Crippen LogP contribution < -0.4 is 0 Å². The predicted molar refractivity (Wildman–Crippen MR) is 89.9 cm³/mol. The van der Waals surface area contributed by atoms with Gasteiger partial charge in [-0.3, -0.25) is 9.78 Å². The van der Waals surface area contributed by atoms with E-state index in [4.69, 9.17) is 9.78 Å². The van der Waals surface area contributed by atoms with Gasteiger partial charge < -0.3 is 5.11 Å². The Bertz CT molecular complexity index is 673. The van der Waals surface area contributed by atoms with E-state index < -0.39 is 18.0 Å². The minimum atomic E-state index is -1.49. The van der Waals surface area contributed by atoms with Crippen LogP contribution in [0, 0.1) is 0 Å². The Kier molecular flexibility index (Phi) is 8.28. The Labute approximate surface area is 150 Å². The van der Waals surface area contributed by atoms with E-state index in [0.29, 0.717) is 0 Å². The molecule has 7 nitrogen and oxygen atoms in total. The molecular formula is C19H20O7. The zero-order chi connectivity index (χ0) is 18.6. The molecule has 0 bridgehead atoms. The molecule has 0 saturated carbocycles. The number of aliphatic hydroxyl groups is 1. The number of hydrogen-bond donors (Lipinski definition) is 1. The summed E-state index contributed by atoms with van der Waals surface area (Å²) in [4.78, 5) is 41.8. The van der Waals surface area contributed by atoms with Crippen molar-refractivity contribution in [2.75, 3.05) is 0 Å². The van der Waals surface area contributed by atoms with E-state index in [2.05, 4.69) is 9.78 Å². The summed E-state index contributed by atoms with van der Waals surface area (Å²) in [7, 11) is 0. The minimum Gasteiger partial charge on any atom is -0.381 e. The highest BCUT2D eigenvalue weighted by Crippen LogP contribution is 2.06. The third kappa shape index (κ3) is 7.43. The van der Waals surface area contributed by atoms with Crippen LogP contribution in [0.25, 0.3) is 0 Å². The first-order chi connectivity index (χ1) is 12.6. The van der Waals surface area contributed by atoms with Crippen LogP contribution >= 0.6 is 0 Å². The molecule has 1 N–H and O–H groups in total. The largest absolute Gasteiger partial charge is 0.381 e. The lowest BCUT2D eigenvalue weighted by Crippen LogP contribution is -2.24. The summed E-state index contributed by atoms with van der Waals surface area (Å²) in [6.07, 6.45) is -1.86. The summed E-state index contributed by atoms with van der Waals surface area (Å²) in [5.74, 6) is -1.67. The molecule has 0 heterocycles. The fraction of sp³-hybridized carbons (Fsp3) is 0.263. The van der Waals surface area contributed by atoms with E-state index in [1.807, 2.05) is 48.5 Å². The number of carbonyl (C=O) groups excluding carboxylic acids is 2. The number of aliphatic hydroxyl groups excluding tert-OH is 1. The molecule has 2 rings (SSSR count). The standard InChI is InChI=1S/C19H20O7/c20-17(19(22)26-24-14-16-9-5-2-6-10-16)11-12-18(21)25-23-13-15-7-3-1-4-8-15/h1-10,17,20H,11-14H2. The zero-order valence-electron chi connectivity index (χ0n) is 14.1.